The van der Waals surface area contributed by atoms with E-state index in [2.05, 4.69) is 15.9 Å². The molecule has 1 aromatic carbocycles. The lowest BCUT2D eigenvalue weighted by atomic mass is 9.74. The van der Waals surface area contributed by atoms with E-state index in [0.29, 0.717) is 17.2 Å². The smallest absolute Gasteiger partial charge is 0.167 e. The van der Waals surface area contributed by atoms with E-state index in [4.69, 9.17) is 16.3 Å². The van der Waals surface area contributed by atoms with Crippen LogP contribution >= 0.6 is 27.5 Å². The van der Waals surface area contributed by atoms with E-state index >= 15 is 0 Å². The second-order valence-corrected chi connectivity index (χ2v) is 7.59. The predicted molar refractivity (Wildman–Crippen MR) is 88.0 cm³/mol. The second kappa shape index (κ2) is 6.39. The van der Waals surface area contributed by atoms with Gasteiger partial charge in [-0.15, -0.1) is 0 Å². The lowest BCUT2D eigenvalue weighted by molar-refractivity contribution is -0.111. The normalized spacial score (nSPS) is 25.0. The van der Waals surface area contributed by atoms with Gasteiger partial charge in [-0.05, 0) is 43.9 Å². The third-order valence-corrected chi connectivity index (χ3v) is 5.63. The molecule has 3 rings (SSSR count). The fraction of sp³-hybridized carbons (Fsp3) is 0.588. The summed E-state index contributed by atoms with van der Waals surface area (Å²) in [5.41, 5.74) is 0.608. The molecule has 1 spiro atoms. The molecule has 2 nitrogen and oxygen atoms in total. The van der Waals surface area contributed by atoms with Crippen LogP contribution in [-0.2, 0) is 4.74 Å². The van der Waals surface area contributed by atoms with Gasteiger partial charge in [0.1, 0.15) is 0 Å². The molecule has 1 aromatic rings. The summed E-state index contributed by atoms with van der Waals surface area (Å²) < 4.78 is 6.98. The predicted octanol–water partition coefficient (Wildman–Crippen LogP) is 5.41. The number of Topliss-reactive ketones (excluding diaryl/α,β-unsaturated/α-hetero) is 1. The molecule has 0 radical (unpaired) electrons. The van der Waals surface area contributed by atoms with Crippen molar-refractivity contribution < 1.29 is 9.53 Å². The highest BCUT2D eigenvalue weighted by Crippen LogP contribution is 2.42. The number of rotatable bonds is 2. The maximum atomic E-state index is 12.8. The Morgan fingerprint density at radius 1 is 1.29 bits per heavy atom. The molecule has 0 N–H and O–H groups in total. The first-order valence-corrected chi connectivity index (χ1v) is 8.90. The molecule has 1 unspecified atom stereocenters. The van der Waals surface area contributed by atoms with Crippen LogP contribution in [0.25, 0.3) is 0 Å². The van der Waals surface area contributed by atoms with Crippen molar-refractivity contribution in [3.05, 3.63) is 33.3 Å². The van der Waals surface area contributed by atoms with Crippen molar-refractivity contribution in [1.29, 1.82) is 0 Å². The van der Waals surface area contributed by atoms with Crippen LogP contribution in [0, 0.1) is 5.92 Å². The standard InChI is InChI=1S/C17H20BrClO2/c18-13-4-5-14(15(19)10-13)16(20)12-6-9-21-17(11-12)7-2-1-3-8-17/h4-5,10,12H,1-3,6-9,11H2. The summed E-state index contributed by atoms with van der Waals surface area (Å²) in [4.78, 5) is 12.8. The number of ketones is 1. The van der Waals surface area contributed by atoms with E-state index in [9.17, 15) is 4.79 Å². The molecule has 1 saturated carbocycles. The molecule has 2 fully saturated rings. The van der Waals surface area contributed by atoms with E-state index in [1.54, 1.807) is 6.07 Å². The van der Waals surface area contributed by atoms with Gasteiger partial charge in [-0.3, -0.25) is 4.79 Å². The van der Waals surface area contributed by atoms with Gasteiger partial charge in [-0.25, -0.2) is 0 Å². The molecule has 114 valence electrons. The highest BCUT2D eigenvalue weighted by Gasteiger charge is 2.41. The first-order chi connectivity index (χ1) is 10.1. The SMILES string of the molecule is O=C(c1ccc(Br)cc1Cl)C1CCOC2(CCCCC2)C1. The van der Waals surface area contributed by atoms with Crippen LogP contribution in [0.2, 0.25) is 5.02 Å². The van der Waals surface area contributed by atoms with Crippen molar-refractivity contribution in [2.24, 2.45) is 5.92 Å². The summed E-state index contributed by atoms with van der Waals surface area (Å²) in [6.07, 6.45) is 7.61. The van der Waals surface area contributed by atoms with Crippen molar-refractivity contribution in [2.45, 2.75) is 50.5 Å². The molecule has 1 aliphatic carbocycles. The zero-order valence-corrected chi connectivity index (χ0v) is 14.4. The number of hydrogen-bond acceptors (Lipinski definition) is 2. The van der Waals surface area contributed by atoms with Gasteiger partial charge in [0.2, 0.25) is 0 Å². The zero-order chi connectivity index (χ0) is 14.9. The highest BCUT2D eigenvalue weighted by atomic mass is 79.9. The molecular weight excluding hydrogens is 352 g/mol. The monoisotopic (exact) mass is 370 g/mol. The van der Waals surface area contributed by atoms with Gasteiger partial charge in [0.15, 0.2) is 5.78 Å². The fourth-order valence-electron chi connectivity index (χ4n) is 3.71. The second-order valence-electron chi connectivity index (χ2n) is 6.27. The van der Waals surface area contributed by atoms with E-state index in [0.717, 1.165) is 30.2 Å². The van der Waals surface area contributed by atoms with Gasteiger partial charge in [-0.1, -0.05) is 46.8 Å². The molecule has 2 aliphatic rings. The first kappa shape index (κ1) is 15.5. The quantitative estimate of drug-likeness (QED) is 0.649. The van der Waals surface area contributed by atoms with Crippen LogP contribution < -0.4 is 0 Å². The molecule has 4 heteroatoms. The van der Waals surface area contributed by atoms with E-state index in [1.165, 1.54) is 19.3 Å². The number of benzene rings is 1. The van der Waals surface area contributed by atoms with Gasteiger partial charge in [0.05, 0.1) is 10.6 Å². The summed E-state index contributed by atoms with van der Waals surface area (Å²) in [5.74, 6) is 0.233. The minimum atomic E-state index is -0.0430. The minimum absolute atomic E-state index is 0.0430. The lowest BCUT2D eigenvalue weighted by Gasteiger charge is -2.43. The molecule has 0 aromatic heterocycles. The zero-order valence-electron chi connectivity index (χ0n) is 12.0. The Balaban J connectivity index is 1.77. The van der Waals surface area contributed by atoms with Gasteiger partial charge in [0.25, 0.3) is 0 Å². The molecule has 0 bridgehead atoms. The van der Waals surface area contributed by atoms with Crippen molar-refractivity contribution in [1.82, 2.24) is 0 Å². The average molecular weight is 372 g/mol. The number of halogens is 2. The van der Waals surface area contributed by atoms with Crippen molar-refractivity contribution in [3.63, 3.8) is 0 Å². The van der Waals surface area contributed by atoms with Gasteiger partial charge in [-0.2, -0.15) is 0 Å². The largest absolute Gasteiger partial charge is 0.375 e. The average Bonchev–Trinajstić information content (AvgIpc) is 2.47. The maximum Gasteiger partial charge on any atom is 0.167 e. The molecular formula is C17H20BrClO2. The van der Waals surface area contributed by atoms with E-state index < -0.39 is 0 Å². The summed E-state index contributed by atoms with van der Waals surface area (Å²) in [5, 5.41) is 0.540. The number of carbonyl (C=O) groups is 1. The van der Waals surface area contributed by atoms with Gasteiger partial charge < -0.3 is 4.74 Å². The van der Waals surface area contributed by atoms with Crippen LogP contribution in [0.4, 0.5) is 0 Å². The summed E-state index contributed by atoms with van der Waals surface area (Å²) in [7, 11) is 0. The molecule has 0 amide bonds. The Morgan fingerprint density at radius 2 is 2.05 bits per heavy atom. The number of carbonyl (C=O) groups excluding carboxylic acids is 1. The van der Waals surface area contributed by atoms with Crippen LogP contribution in [0.15, 0.2) is 22.7 Å². The summed E-state index contributed by atoms with van der Waals surface area (Å²) >= 11 is 9.62. The fourth-order valence-corrected chi connectivity index (χ4v) is 4.47. The van der Waals surface area contributed by atoms with Crippen LogP contribution in [0.1, 0.15) is 55.3 Å². The number of ether oxygens (including phenoxy) is 1. The molecule has 1 aliphatic heterocycles. The van der Waals surface area contributed by atoms with E-state index in [-0.39, 0.29) is 17.3 Å². The molecule has 21 heavy (non-hydrogen) atoms. The van der Waals surface area contributed by atoms with Crippen molar-refractivity contribution in [3.8, 4) is 0 Å². The first-order valence-electron chi connectivity index (χ1n) is 7.73. The minimum Gasteiger partial charge on any atom is -0.375 e. The Morgan fingerprint density at radius 3 is 2.76 bits per heavy atom. The summed E-state index contributed by atoms with van der Waals surface area (Å²) in [6, 6.07) is 5.51. The Labute approximate surface area is 139 Å². The van der Waals surface area contributed by atoms with Gasteiger partial charge >= 0.3 is 0 Å². The van der Waals surface area contributed by atoms with Crippen LogP contribution in [0.3, 0.4) is 0 Å². The molecule has 1 heterocycles. The van der Waals surface area contributed by atoms with Gasteiger partial charge in [0, 0.05) is 22.6 Å². The lowest BCUT2D eigenvalue weighted by Crippen LogP contribution is -2.43. The van der Waals surface area contributed by atoms with Crippen LogP contribution in [0.5, 0.6) is 0 Å². The van der Waals surface area contributed by atoms with Crippen molar-refractivity contribution in [2.75, 3.05) is 6.61 Å². The number of hydrogen-bond donors (Lipinski definition) is 0. The van der Waals surface area contributed by atoms with E-state index in [1.807, 2.05) is 12.1 Å². The Hall–Kier alpha value is -0.380. The summed E-state index contributed by atoms with van der Waals surface area (Å²) in [6.45, 7) is 0.699. The third-order valence-electron chi connectivity index (χ3n) is 4.83. The Kier molecular flexibility index (Phi) is 4.72. The molecule has 1 saturated heterocycles. The highest BCUT2D eigenvalue weighted by molar-refractivity contribution is 9.10. The van der Waals surface area contributed by atoms with Crippen LogP contribution in [-0.4, -0.2) is 18.0 Å². The molecule has 1 atom stereocenters. The third kappa shape index (κ3) is 3.35. The Bertz CT molecular complexity index is 532. The van der Waals surface area contributed by atoms with Crippen molar-refractivity contribution >= 4 is 33.3 Å². The maximum absolute atomic E-state index is 12.8. The topological polar surface area (TPSA) is 26.3 Å².